The van der Waals surface area contributed by atoms with Gasteiger partial charge in [-0.3, -0.25) is 4.79 Å². The molecule has 0 unspecified atom stereocenters. The summed E-state index contributed by atoms with van der Waals surface area (Å²) in [5, 5.41) is 0. The average molecular weight is 177 g/mol. The predicted octanol–water partition coefficient (Wildman–Crippen LogP) is -0.0415. The molecule has 4 nitrogen and oxygen atoms in total. The second kappa shape index (κ2) is 2.81. The zero-order valence-electron chi connectivity index (χ0n) is 6.41. The first-order chi connectivity index (χ1) is 5.04. The van der Waals surface area contributed by atoms with Crippen LogP contribution in [0.1, 0.15) is 19.8 Å². The topological polar surface area (TPSA) is 54.5 Å². The van der Waals surface area contributed by atoms with E-state index in [-0.39, 0.29) is 11.7 Å². The Balaban J connectivity index is 2.85. The molecule has 1 amide bonds. The zero-order chi connectivity index (χ0) is 8.48. The van der Waals surface area contributed by atoms with Crippen LogP contribution in [-0.4, -0.2) is 30.9 Å². The Morgan fingerprint density at radius 1 is 1.36 bits per heavy atom. The van der Waals surface area contributed by atoms with Crippen molar-refractivity contribution in [3.8, 4) is 0 Å². The molecule has 0 aromatic rings. The maximum Gasteiger partial charge on any atom is 0.237 e. The monoisotopic (exact) mass is 177 g/mol. The summed E-state index contributed by atoms with van der Waals surface area (Å²) in [7, 11) is -3.24. The quantitative estimate of drug-likeness (QED) is 0.521. The average Bonchev–Trinajstić information content (AvgIpc) is 1.85. The molecule has 1 aliphatic rings. The first kappa shape index (κ1) is 8.52. The van der Waals surface area contributed by atoms with Crippen LogP contribution in [0.5, 0.6) is 0 Å². The van der Waals surface area contributed by atoms with E-state index in [9.17, 15) is 13.2 Å². The maximum absolute atomic E-state index is 11.1. The molecule has 1 fully saturated rings. The molecule has 0 aromatic heterocycles. The minimum absolute atomic E-state index is 0.118. The van der Waals surface area contributed by atoms with Gasteiger partial charge in [0.25, 0.3) is 0 Å². The predicted molar refractivity (Wildman–Crippen MR) is 40.4 cm³/mol. The van der Waals surface area contributed by atoms with E-state index in [0.29, 0.717) is 13.0 Å². The minimum atomic E-state index is -3.24. The summed E-state index contributed by atoms with van der Waals surface area (Å²) in [6.07, 6.45) is 1.46. The maximum atomic E-state index is 11.1. The Hall–Kier alpha value is -0.580. The fraction of sp³-hybridized carbons (Fsp3) is 0.833. The number of carbonyl (C=O) groups excluding carboxylic acids is 1. The van der Waals surface area contributed by atoms with Gasteiger partial charge in [-0.25, -0.2) is 12.7 Å². The van der Waals surface area contributed by atoms with E-state index < -0.39 is 10.0 Å². The van der Waals surface area contributed by atoms with Crippen molar-refractivity contribution in [2.75, 3.05) is 12.3 Å². The van der Waals surface area contributed by atoms with Gasteiger partial charge in [0.1, 0.15) is 0 Å². The van der Waals surface area contributed by atoms with E-state index in [2.05, 4.69) is 0 Å². The van der Waals surface area contributed by atoms with Gasteiger partial charge >= 0.3 is 0 Å². The first-order valence-corrected chi connectivity index (χ1v) is 5.16. The van der Waals surface area contributed by atoms with Gasteiger partial charge in [-0.1, -0.05) is 0 Å². The highest BCUT2D eigenvalue weighted by atomic mass is 32.2. The van der Waals surface area contributed by atoms with Crippen LogP contribution >= 0.6 is 0 Å². The molecule has 0 spiro atoms. The Morgan fingerprint density at radius 3 is 2.36 bits per heavy atom. The van der Waals surface area contributed by atoms with Crippen LogP contribution in [0.15, 0.2) is 0 Å². The molecule has 11 heavy (non-hydrogen) atoms. The second-order valence-electron chi connectivity index (χ2n) is 2.61. The summed E-state index contributed by atoms with van der Waals surface area (Å²) >= 11 is 0. The van der Waals surface area contributed by atoms with E-state index in [1.165, 1.54) is 6.92 Å². The molecule has 1 aliphatic heterocycles. The number of hydrogen-bond acceptors (Lipinski definition) is 3. The van der Waals surface area contributed by atoms with Gasteiger partial charge in [0, 0.05) is 13.5 Å². The molecule has 5 heteroatoms. The standard InChI is InChI=1S/C6H11NO3S/c1-6(8)7-4-2-3-5-11(7,9)10/h2-5H2,1H3. The summed E-state index contributed by atoms with van der Waals surface area (Å²) in [4.78, 5) is 10.8. The van der Waals surface area contributed by atoms with Gasteiger partial charge in [0.05, 0.1) is 5.75 Å². The number of nitrogens with zero attached hydrogens (tertiary/aromatic N) is 1. The fourth-order valence-corrected chi connectivity index (χ4v) is 2.73. The third-order valence-electron chi connectivity index (χ3n) is 1.70. The van der Waals surface area contributed by atoms with Crippen LogP contribution in [0.25, 0.3) is 0 Å². The summed E-state index contributed by atoms with van der Waals surface area (Å²) in [5.41, 5.74) is 0. The molecule has 0 bridgehead atoms. The van der Waals surface area contributed by atoms with Gasteiger partial charge in [-0.2, -0.15) is 0 Å². The SMILES string of the molecule is CC(=O)N1CCCCS1(=O)=O. The lowest BCUT2D eigenvalue weighted by atomic mass is 10.3. The van der Waals surface area contributed by atoms with Crippen LogP contribution in [-0.2, 0) is 14.8 Å². The highest BCUT2D eigenvalue weighted by Crippen LogP contribution is 2.12. The van der Waals surface area contributed by atoms with Crippen molar-refractivity contribution in [1.82, 2.24) is 4.31 Å². The lowest BCUT2D eigenvalue weighted by molar-refractivity contribution is -0.124. The second-order valence-corrected chi connectivity index (χ2v) is 4.63. The van der Waals surface area contributed by atoms with Crippen molar-refractivity contribution in [3.05, 3.63) is 0 Å². The Kier molecular flexibility index (Phi) is 2.17. The molecule has 1 rings (SSSR count). The molecule has 0 N–H and O–H groups in total. The summed E-state index contributed by atoms with van der Waals surface area (Å²) in [5.74, 6) is -0.253. The van der Waals surface area contributed by atoms with Gasteiger partial charge < -0.3 is 0 Å². The van der Waals surface area contributed by atoms with Crippen molar-refractivity contribution in [2.45, 2.75) is 19.8 Å². The Bertz CT molecular complexity index is 257. The third-order valence-corrected chi connectivity index (χ3v) is 3.62. The van der Waals surface area contributed by atoms with E-state index >= 15 is 0 Å². The van der Waals surface area contributed by atoms with Crippen molar-refractivity contribution in [1.29, 1.82) is 0 Å². The van der Waals surface area contributed by atoms with Gasteiger partial charge in [-0.15, -0.1) is 0 Å². The first-order valence-electron chi connectivity index (χ1n) is 3.55. The molecular formula is C6H11NO3S. The summed E-state index contributed by atoms with van der Waals surface area (Å²) < 4.78 is 23.2. The van der Waals surface area contributed by atoms with Gasteiger partial charge in [0.2, 0.25) is 15.9 Å². The highest BCUT2D eigenvalue weighted by Gasteiger charge is 2.27. The normalized spacial score (nSPS) is 23.2. The smallest absolute Gasteiger partial charge is 0.237 e. The van der Waals surface area contributed by atoms with E-state index in [1.54, 1.807) is 0 Å². The molecular weight excluding hydrogens is 166 g/mol. The van der Waals surface area contributed by atoms with Crippen LogP contribution in [0.4, 0.5) is 0 Å². The van der Waals surface area contributed by atoms with E-state index in [4.69, 9.17) is 0 Å². The molecule has 0 aromatic carbocycles. The number of carbonyl (C=O) groups is 1. The molecule has 1 saturated heterocycles. The van der Waals surface area contributed by atoms with Crippen molar-refractivity contribution >= 4 is 15.9 Å². The number of sulfonamides is 1. The van der Waals surface area contributed by atoms with Crippen LogP contribution in [0, 0.1) is 0 Å². The Labute approximate surface area is 66.2 Å². The minimum Gasteiger partial charge on any atom is -0.274 e. The number of hydrogen-bond donors (Lipinski definition) is 0. The number of rotatable bonds is 0. The van der Waals surface area contributed by atoms with Gasteiger partial charge in [-0.05, 0) is 12.8 Å². The van der Waals surface area contributed by atoms with Crippen molar-refractivity contribution in [2.24, 2.45) is 0 Å². The third kappa shape index (κ3) is 1.71. The zero-order valence-corrected chi connectivity index (χ0v) is 7.23. The molecule has 1 heterocycles. The van der Waals surface area contributed by atoms with Gasteiger partial charge in [0.15, 0.2) is 0 Å². The van der Waals surface area contributed by atoms with E-state index in [1.807, 2.05) is 0 Å². The highest BCUT2D eigenvalue weighted by molar-refractivity contribution is 7.89. The van der Waals surface area contributed by atoms with Crippen molar-refractivity contribution in [3.63, 3.8) is 0 Å². The largest absolute Gasteiger partial charge is 0.274 e. The number of amides is 1. The molecule has 64 valence electrons. The van der Waals surface area contributed by atoms with Crippen molar-refractivity contribution < 1.29 is 13.2 Å². The molecule has 0 saturated carbocycles. The van der Waals surface area contributed by atoms with Crippen LogP contribution in [0.3, 0.4) is 0 Å². The Morgan fingerprint density at radius 2 is 2.00 bits per heavy atom. The lowest BCUT2D eigenvalue weighted by Crippen LogP contribution is -2.40. The van der Waals surface area contributed by atoms with E-state index in [0.717, 1.165) is 10.7 Å². The van der Waals surface area contributed by atoms with Crippen LogP contribution in [0.2, 0.25) is 0 Å². The fourth-order valence-electron chi connectivity index (χ4n) is 1.14. The molecule has 0 radical (unpaired) electrons. The van der Waals surface area contributed by atoms with Crippen LogP contribution < -0.4 is 0 Å². The lowest BCUT2D eigenvalue weighted by Gasteiger charge is -2.24. The summed E-state index contributed by atoms with van der Waals surface area (Å²) in [6.45, 7) is 1.64. The summed E-state index contributed by atoms with van der Waals surface area (Å²) in [6, 6.07) is 0. The molecule has 0 aliphatic carbocycles. The molecule has 0 atom stereocenters.